The largest absolute Gasteiger partial charge is 0.368 e. The van der Waals surface area contributed by atoms with Crippen LogP contribution in [0.2, 0.25) is 0 Å². The molecule has 0 aromatic carbocycles. The quantitative estimate of drug-likeness (QED) is 0.785. The Hall–Kier alpha value is -0.590. The number of amides is 1. The summed E-state index contributed by atoms with van der Waals surface area (Å²) in [6.07, 6.45) is 2.41. The number of rotatable bonds is 6. The van der Waals surface area contributed by atoms with Gasteiger partial charge < -0.3 is 11.1 Å². The maximum Gasteiger partial charge on any atom is 0.237 e. The lowest BCUT2D eigenvalue weighted by Crippen LogP contribution is -2.51. The molecule has 4 nitrogen and oxygen atoms in total. The molecular weight excluding hydrogens is 302 g/mol. The highest BCUT2D eigenvalue weighted by Crippen LogP contribution is 2.26. The molecule has 94 valence electrons. The van der Waals surface area contributed by atoms with Gasteiger partial charge in [-0.1, -0.05) is 0 Å². The first-order chi connectivity index (χ1) is 7.99. The zero-order valence-corrected chi connectivity index (χ0v) is 12.3. The lowest BCUT2D eigenvalue weighted by molar-refractivity contribution is -0.123. The maximum atomic E-state index is 11.3. The summed E-state index contributed by atoms with van der Waals surface area (Å²) in [6.45, 7) is 1.81. The average Bonchev–Trinajstić information content (AvgIpc) is 2.31. The van der Waals surface area contributed by atoms with Crippen LogP contribution in [0.15, 0.2) is 27.8 Å². The summed E-state index contributed by atoms with van der Waals surface area (Å²) in [5.74, 6) is 0.441. The van der Waals surface area contributed by atoms with Crippen LogP contribution >= 0.6 is 27.7 Å². The number of aromatic nitrogens is 1. The smallest absolute Gasteiger partial charge is 0.237 e. The van der Waals surface area contributed by atoms with Crippen LogP contribution in [-0.2, 0) is 4.79 Å². The van der Waals surface area contributed by atoms with Crippen LogP contribution in [0, 0.1) is 0 Å². The van der Waals surface area contributed by atoms with E-state index in [1.54, 1.807) is 25.0 Å². The minimum Gasteiger partial charge on any atom is -0.368 e. The second-order valence-electron chi connectivity index (χ2n) is 3.84. The Bertz CT molecular complexity index is 402. The molecule has 3 N–H and O–H groups in total. The van der Waals surface area contributed by atoms with Crippen molar-refractivity contribution in [2.24, 2.45) is 5.73 Å². The molecular formula is C11H16BrN3OS. The highest BCUT2D eigenvalue weighted by molar-refractivity contribution is 9.10. The molecule has 1 aromatic rings. The highest BCUT2D eigenvalue weighted by Gasteiger charge is 2.28. The Kier molecular flexibility index (Phi) is 5.42. The summed E-state index contributed by atoms with van der Waals surface area (Å²) >= 11 is 5.03. The number of carbonyl (C=O) groups excluding carboxylic acids is 1. The molecule has 1 unspecified atom stereocenters. The van der Waals surface area contributed by atoms with E-state index >= 15 is 0 Å². The van der Waals surface area contributed by atoms with Crippen LogP contribution in [0.1, 0.15) is 13.3 Å². The van der Waals surface area contributed by atoms with Crippen molar-refractivity contribution in [3.05, 3.63) is 22.8 Å². The average molecular weight is 318 g/mol. The monoisotopic (exact) mass is 317 g/mol. The molecule has 1 rings (SSSR count). The van der Waals surface area contributed by atoms with Gasteiger partial charge in [-0.15, -0.1) is 11.8 Å². The van der Waals surface area contributed by atoms with Crippen molar-refractivity contribution in [2.75, 3.05) is 12.8 Å². The minimum atomic E-state index is -0.658. The van der Waals surface area contributed by atoms with Gasteiger partial charge in [0.05, 0.1) is 5.54 Å². The van der Waals surface area contributed by atoms with Crippen molar-refractivity contribution in [2.45, 2.75) is 23.9 Å². The Balaban J connectivity index is 2.53. The number of thioether (sulfide) groups is 1. The van der Waals surface area contributed by atoms with Crippen LogP contribution in [0.3, 0.4) is 0 Å². The molecule has 1 amide bonds. The highest BCUT2D eigenvalue weighted by atomic mass is 79.9. The lowest BCUT2D eigenvalue weighted by Gasteiger charge is -2.24. The van der Waals surface area contributed by atoms with Gasteiger partial charge in [-0.05, 0) is 48.5 Å². The Morgan fingerprint density at radius 2 is 2.41 bits per heavy atom. The predicted octanol–water partition coefficient (Wildman–Crippen LogP) is 1.79. The molecule has 0 saturated carbocycles. The van der Waals surface area contributed by atoms with Crippen LogP contribution in [-0.4, -0.2) is 29.2 Å². The molecule has 0 fully saturated rings. The van der Waals surface area contributed by atoms with Crippen molar-refractivity contribution in [3.63, 3.8) is 0 Å². The lowest BCUT2D eigenvalue weighted by atomic mass is 9.99. The number of likely N-dealkylation sites (N-methyl/N-ethyl adjacent to an activating group) is 1. The summed E-state index contributed by atoms with van der Waals surface area (Å²) in [5.41, 5.74) is 4.70. The first kappa shape index (κ1) is 14.5. The third-order valence-electron chi connectivity index (χ3n) is 2.66. The molecule has 0 radical (unpaired) electrons. The number of hydrogen-bond acceptors (Lipinski definition) is 4. The zero-order valence-electron chi connectivity index (χ0n) is 9.87. The third kappa shape index (κ3) is 3.97. The Labute approximate surface area is 114 Å². The molecule has 0 saturated heterocycles. The topological polar surface area (TPSA) is 68.0 Å². The number of nitrogens with one attached hydrogen (secondary N) is 1. The molecule has 0 spiro atoms. The molecule has 1 heterocycles. The molecule has 1 aromatic heterocycles. The second-order valence-corrected chi connectivity index (χ2v) is 5.77. The fourth-order valence-electron chi connectivity index (χ4n) is 1.20. The molecule has 1 atom stereocenters. The number of pyridine rings is 1. The molecule has 0 aliphatic heterocycles. The Morgan fingerprint density at radius 1 is 1.71 bits per heavy atom. The number of carbonyl (C=O) groups is 1. The van der Waals surface area contributed by atoms with Crippen LogP contribution < -0.4 is 11.1 Å². The minimum absolute atomic E-state index is 0.333. The zero-order chi connectivity index (χ0) is 12.9. The van der Waals surface area contributed by atoms with Crippen molar-refractivity contribution >= 4 is 33.6 Å². The Morgan fingerprint density at radius 3 is 2.94 bits per heavy atom. The van der Waals surface area contributed by atoms with E-state index in [1.165, 1.54) is 0 Å². The SMILES string of the molecule is CNC(C)(CCSc1ncccc1Br)C(N)=O. The van der Waals surface area contributed by atoms with Gasteiger partial charge in [-0.25, -0.2) is 4.98 Å². The van der Waals surface area contributed by atoms with Crippen LogP contribution in [0.5, 0.6) is 0 Å². The second kappa shape index (κ2) is 6.37. The fourth-order valence-corrected chi connectivity index (χ4v) is 2.84. The van der Waals surface area contributed by atoms with Crippen molar-refractivity contribution < 1.29 is 4.79 Å². The van der Waals surface area contributed by atoms with Gasteiger partial charge in [0.15, 0.2) is 0 Å². The summed E-state index contributed by atoms with van der Waals surface area (Å²) in [4.78, 5) is 15.5. The summed E-state index contributed by atoms with van der Waals surface area (Å²) < 4.78 is 0.968. The maximum absolute atomic E-state index is 11.3. The molecule has 6 heteroatoms. The van der Waals surface area contributed by atoms with Crippen molar-refractivity contribution in [1.29, 1.82) is 0 Å². The van der Waals surface area contributed by atoms with E-state index in [-0.39, 0.29) is 5.91 Å². The summed E-state index contributed by atoms with van der Waals surface area (Å²) in [5, 5.41) is 3.89. The molecule has 0 aliphatic rings. The number of halogens is 1. The molecule has 0 aliphatic carbocycles. The number of hydrogen-bond donors (Lipinski definition) is 2. The first-order valence-electron chi connectivity index (χ1n) is 5.22. The van der Waals surface area contributed by atoms with E-state index in [0.717, 1.165) is 15.3 Å². The summed E-state index contributed by atoms with van der Waals surface area (Å²) in [6, 6.07) is 3.82. The van der Waals surface area contributed by atoms with Gasteiger partial charge in [0.1, 0.15) is 5.03 Å². The first-order valence-corrected chi connectivity index (χ1v) is 6.99. The number of nitrogens with zero attached hydrogens (tertiary/aromatic N) is 1. The van der Waals surface area contributed by atoms with E-state index in [0.29, 0.717) is 6.42 Å². The molecule has 0 bridgehead atoms. The summed E-state index contributed by atoms with van der Waals surface area (Å²) in [7, 11) is 1.74. The van der Waals surface area contributed by atoms with Crippen molar-refractivity contribution in [3.8, 4) is 0 Å². The van der Waals surface area contributed by atoms with Gasteiger partial charge in [0.2, 0.25) is 5.91 Å². The number of nitrogens with two attached hydrogens (primary N) is 1. The van der Waals surface area contributed by atoms with Crippen LogP contribution in [0.25, 0.3) is 0 Å². The predicted molar refractivity (Wildman–Crippen MR) is 73.9 cm³/mol. The van der Waals surface area contributed by atoms with E-state index < -0.39 is 5.54 Å². The molecule has 17 heavy (non-hydrogen) atoms. The van der Waals surface area contributed by atoms with Gasteiger partial charge in [-0.2, -0.15) is 0 Å². The van der Waals surface area contributed by atoms with E-state index in [9.17, 15) is 4.79 Å². The van der Waals surface area contributed by atoms with E-state index in [2.05, 4.69) is 26.2 Å². The van der Waals surface area contributed by atoms with Gasteiger partial charge in [0, 0.05) is 16.4 Å². The van der Waals surface area contributed by atoms with Gasteiger partial charge in [0.25, 0.3) is 0 Å². The fraction of sp³-hybridized carbons (Fsp3) is 0.455. The number of primary amides is 1. The van der Waals surface area contributed by atoms with Gasteiger partial charge >= 0.3 is 0 Å². The normalized spacial score (nSPS) is 14.3. The van der Waals surface area contributed by atoms with Gasteiger partial charge in [-0.3, -0.25) is 4.79 Å². The van der Waals surface area contributed by atoms with Crippen molar-refractivity contribution in [1.82, 2.24) is 10.3 Å². The van der Waals surface area contributed by atoms with E-state index in [1.807, 2.05) is 19.1 Å². The van der Waals surface area contributed by atoms with E-state index in [4.69, 9.17) is 5.73 Å². The van der Waals surface area contributed by atoms with Crippen LogP contribution in [0.4, 0.5) is 0 Å². The standard InChI is InChI=1S/C11H16BrN3OS/c1-11(14-2,10(13)16)5-7-17-9-8(12)4-3-6-15-9/h3-4,6,14H,5,7H2,1-2H3,(H2,13,16). The third-order valence-corrected chi connectivity index (χ3v) is 4.57.